The summed E-state index contributed by atoms with van der Waals surface area (Å²) in [5.41, 5.74) is 1.41. The van der Waals surface area contributed by atoms with Crippen LogP contribution in [0.15, 0.2) is 35.1 Å². The highest BCUT2D eigenvalue weighted by Gasteiger charge is 2.13. The maximum absolute atomic E-state index is 5.96. The molecule has 0 atom stereocenters. The van der Waals surface area contributed by atoms with Crippen LogP contribution >= 0.6 is 39.1 Å². The van der Waals surface area contributed by atoms with E-state index in [1.165, 1.54) is 0 Å². The Kier molecular flexibility index (Phi) is 2.97. The highest BCUT2D eigenvalue weighted by molar-refractivity contribution is 9.10. The molecule has 2 aromatic heterocycles. The first-order chi connectivity index (χ1) is 8.66. The predicted octanol–water partition coefficient (Wildman–Crippen LogP) is 3.86. The average molecular weight is 344 g/mol. The third-order valence-corrected chi connectivity index (χ3v) is 3.61. The number of benzene rings is 1. The summed E-state index contributed by atoms with van der Waals surface area (Å²) in [5, 5.41) is 9.13. The standard InChI is InChI=1S/C11H5BrCl2N4/c12-8-5-6(13)1-2-7(8)10-16-17-11-9(14)15-3-4-18(10)11/h1-5H. The third-order valence-electron chi connectivity index (χ3n) is 2.46. The van der Waals surface area contributed by atoms with Crippen molar-refractivity contribution in [2.24, 2.45) is 0 Å². The highest BCUT2D eigenvalue weighted by atomic mass is 79.9. The molecule has 3 rings (SSSR count). The summed E-state index contributed by atoms with van der Waals surface area (Å²) in [7, 11) is 0. The van der Waals surface area contributed by atoms with Gasteiger partial charge < -0.3 is 0 Å². The van der Waals surface area contributed by atoms with Gasteiger partial charge in [0, 0.05) is 27.5 Å². The van der Waals surface area contributed by atoms with Crippen molar-refractivity contribution in [3.05, 3.63) is 45.2 Å². The van der Waals surface area contributed by atoms with E-state index in [9.17, 15) is 0 Å². The van der Waals surface area contributed by atoms with Gasteiger partial charge in [0.15, 0.2) is 16.6 Å². The Morgan fingerprint density at radius 2 is 2.00 bits per heavy atom. The summed E-state index contributed by atoms with van der Waals surface area (Å²) < 4.78 is 2.63. The van der Waals surface area contributed by atoms with Gasteiger partial charge in [-0.2, -0.15) is 0 Å². The molecule has 18 heavy (non-hydrogen) atoms. The molecule has 0 saturated carbocycles. The Labute approximate surface area is 121 Å². The Balaban J connectivity index is 2.29. The molecule has 7 heteroatoms. The number of halogens is 3. The minimum atomic E-state index is 0.321. The molecule has 0 bridgehead atoms. The van der Waals surface area contributed by atoms with Crippen molar-refractivity contribution in [3.63, 3.8) is 0 Å². The van der Waals surface area contributed by atoms with Crippen molar-refractivity contribution >= 4 is 44.8 Å². The zero-order valence-electron chi connectivity index (χ0n) is 8.81. The van der Waals surface area contributed by atoms with Gasteiger partial charge in [0.05, 0.1) is 0 Å². The summed E-state index contributed by atoms with van der Waals surface area (Å²) in [6.45, 7) is 0. The monoisotopic (exact) mass is 342 g/mol. The van der Waals surface area contributed by atoms with E-state index in [1.807, 2.05) is 6.07 Å². The van der Waals surface area contributed by atoms with Gasteiger partial charge in [-0.05, 0) is 34.1 Å². The van der Waals surface area contributed by atoms with Gasteiger partial charge in [-0.15, -0.1) is 10.2 Å². The van der Waals surface area contributed by atoms with E-state index in [2.05, 4.69) is 31.1 Å². The molecule has 0 aliphatic rings. The number of hydrogen-bond acceptors (Lipinski definition) is 3. The van der Waals surface area contributed by atoms with E-state index >= 15 is 0 Å². The van der Waals surface area contributed by atoms with E-state index in [0.29, 0.717) is 21.6 Å². The van der Waals surface area contributed by atoms with Gasteiger partial charge >= 0.3 is 0 Å². The zero-order valence-corrected chi connectivity index (χ0v) is 11.9. The number of hydrogen-bond donors (Lipinski definition) is 0. The summed E-state index contributed by atoms with van der Waals surface area (Å²) in [6.07, 6.45) is 3.36. The van der Waals surface area contributed by atoms with E-state index in [1.54, 1.807) is 28.9 Å². The third kappa shape index (κ3) is 1.88. The molecule has 0 saturated heterocycles. The van der Waals surface area contributed by atoms with Crippen LogP contribution in [-0.2, 0) is 0 Å². The summed E-state index contributed by atoms with van der Waals surface area (Å²) in [5.74, 6) is 0.679. The number of nitrogens with zero attached hydrogens (tertiary/aromatic N) is 4. The molecule has 2 heterocycles. The molecule has 0 unspecified atom stereocenters. The Hall–Kier alpha value is -1.17. The molecule has 3 aromatic rings. The van der Waals surface area contributed by atoms with Crippen LogP contribution in [0.1, 0.15) is 0 Å². The van der Waals surface area contributed by atoms with Gasteiger partial charge in [-0.1, -0.05) is 23.2 Å². The smallest absolute Gasteiger partial charge is 0.198 e. The number of aromatic nitrogens is 4. The van der Waals surface area contributed by atoms with Crippen molar-refractivity contribution in [2.75, 3.05) is 0 Å². The van der Waals surface area contributed by atoms with Crippen LogP contribution in [0.2, 0.25) is 10.2 Å². The molecular formula is C11H5BrCl2N4. The van der Waals surface area contributed by atoms with Crippen LogP contribution in [0, 0.1) is 0 Å². The Morgan fingerprint density at radius 1 is 1.17 bits per heavy atom. The highest BCUT2D eigenvalue weighted by Crippen LogP contribution is 2.30. The van der Waals surface area contributed by atoms with Crippen molar-refractivity contribution in [1.82, 2.24) is 19.6 Å². The zero-order chi connectivity index (χ0) is 12.7. The van der Waals surface area contributed by atoms with Gasteiger partial charge in [0.1, 0.15) is 0 Å². The number of fused-ring (bicyclic) bond motifs is 1. The molecule has 0 aliphatic carbocycles. The summed E-state index contributed by atoms with van der Waals surface area (Å²) in [6, 6.07) is 5.48. The molecule has 0 amide bonds. The van der Waals surface area contributed by atoms with E-state index in [0.717, 1.165) is 10.0 Å². The van der Waals surface area contributed by atoms with Gasteiger partial charge in [-0.25, -0.2) is 4.98 Å². The van der Waals surface area contributed by atoms with Crippen molar-refractivity contribution in [3.8, 4) is 11.4 Å². The van der Waals surface area contributed by atoms with Crippen LogP contribution in [0.5, 0.6) is 0 Å². The van der Waals surface area contributed by atoms with Crippen molar-refractivity contribution in [1.29, 1.82) is 0 Å². The van der Waals surface area contributed by atoms with Crippen LogP contribution in [0.4, 0.5) is 0 Å². The topological polar surface area (TPSA) is 43.1 Å². The second-order valence-corrected chi connectivity index (χ2v) is 5.21. The second kappa shape index (κ2) is 4.50. The van der Waals surface area contributed by atoms with E-state index in [4.69, 9.17) is 23.2 Å². The maximum Gasteiger partial charge on any atom is 0.198 e. The Morgan fingerprint density at radius 3 is 2.78 bits per heavy atom. The Bertz CT molecular complexity index is 741. The lowest BCUT2D eigenvalue weighted by atomic mass is 10.2. The largest absolute Gasteiger partial charge is 0.278 e. The van der Waals surface area contributed by atoms with Crippen LogP contribution < -0.4 is 0 Å². The molecule has 4 nitrogen and oxygen atoms in total. The molecule has 0 aliphatic heterocycles. The van der Waals surface area contributed by atoms with Crippen molar-refractivity contribution in [2.45, 2.75) is 0 Å². The predicted molar refractivity (Wildman–Crippen MR) is 73.9 cm³/mol. The minimum Gasteiger partial charge on any atom is -0.278 e. The quantitative estimate of drug-likeness (QED) is 0.673. The van der Waals surface area contributed by atoms with Gasteiger partial charge in [0.25, 0.3) is 0 Å². The first-order valence-electron chi connectivity index (χ1n) is 4.97. The van der Waals surface area contributed by atoms with E-state index < -0.39 is 0 Å². The van der Waals surface area contributed by atoms with Gasteiger partial charge in [0.2, 0.25) is 0 Å². The lowest BCUT2D eigenvalue weighted by molar-refractivity contribution is 1.11. The van der Waals surface area contributed by atoms with Crippen LogP contribution in [-0.4, -0.2) is 19.6 Å². The SMILES string of the molecule is Clc1ccc(-c2nnc3c(Cl)nccn23)c(Br)c1. The fourth-order valence-corrected chi connectivity index (χ4v) is 2.70. The summed E-state index contributed by atoms with van der Waals surface area (Å²) in [4.78, 5) is 3.96. The first-order valence-corrected chi connectivity index (χ1v) is 6.52. The molecule has 0 fully saturated rings. The number of rotatable bonds is 1. The first kappa shape index (κ1) is 11.9. The molecular weight excluding hydrogens is 339 g/mol. The fourth-order valence-electron chi connectivity index (χ4n) is 1.65. The second-order valence-electron chi connectivity index (χ2n) is 3.56. The maximum atomic E-state index is 5.96. The lowest BCUT2D eigenvalue weighted by Gasteiger charge is -2.03. The molecule has 0 radical (unpaired) electrons. The van der Waals surface area contributed by atoms with E-state index in [-0.39, 0.29) is 0 Å². The molecule has 0 N–H and O–H groups in total. The lowest BCUT2D eigenvalue weighted by Crippen LogP contribution is -1.91. The average Bonchev–Trinajstić information content (AvgIpc) is 2.74. The van der Waals surface area contributed by atoms with Crippen LogP contribution in [0.25, 0.3) is 17.0 Å². The van der Waals surface area contributed by atoms with Crippen molar-refractivity contribution < 1.29 is 0 Å². The molecule has 90 valence electrons. The molecule has 1 aromatic carbocycles. The van der Waals surface area contributed by atoms with Crippen LogP contribution in [0.3, 0.4) is 0 Å². The normalized spacial score (nSPS) is 11.1. The van der Waals surface area contributed by atoms with Gasteiger partial charge in [-0.3, -0.25) is 4.40 Å². The minimum absolute atomic E-state index is 0.321. The molecule has 0 spiro atoms. The fraction of sp³-hybridized carbons (Fsp3) is 0. The summed E-state index contributed by atoms with van der Waals surface area (Å²) >= 11 is 15.3.